The first-order valence-electron chi connectivity index (χ1n) is 12.4. The summed E-state index contributed by atoms with van der Waals surface area (Å²) in [7, 11) is 0. The molecule has 0 radical (unpaired) electrons. The number of hydrogen-bond acceptors (Lipinski definition) is 7. The summed E-state index contributed by atoms with van der Waals surface area (Å²) in [5.74, 6) is -62.3. The zero-order valence-electron chi connectivity index (χ0n) is 25.2. The minimum absolute atomic E-state index is 0.870. The predicted octanol–water partition coefficient (Wildman–Crippen LogP) is 8.84. The Labute approximate surface area is 292 Å². The Bertz CT molecular complexity index is 1400. The van der Waals surface area contributed by atoms with Crippen LogP contribution in [0.2, 0.25) is 0 Å². The molecule has 0 rings (SSSR count). The normalized spacial score (nSPS) is 20.8. The van der Waals surface area contributed by atoms with Gasteiger partial charge in [-0.2, -0.15) is 140 Å². The highest BCUT2D eigenvalue weighted by atomic mass is 19.4. The summed E-state index contributed by atoms with van der Waals surface area (Å²) < 4.78 is 444. The second-order valence-electron chi connectivity index (χ2n) is 10.1. The number of ether oxygens (including phenoxy) is 5. The molecule has 0 saturated carbocycles. The molecule has 2 N–H and O–H groups in total. The first-order valence-corrected chi connectivity index (χ1v) is 12.4. The summed E-state index contributed by atoms with van der Waals surface area (Å²) in [5.41, 5.74) is 0. The van der Waals surface area contributed by atoms with Crippen LogP contribution in [0.4, 0.5) is 140 Å². The van der Waals surface area contributed by atoms with E-state index >= 15 is 4.39 Å². The van der Waals surface area contributed by atoms with Gasteiger partial charge in [-0.15, -0.1) is 0 Å². The summed E-state index contributed by atoms with van der Waals surface area (Å²) in [4.78, 5) is 0. The third-order valence-electron chi connectivity index (χ3n) is 5.82. The van der Waals surface area contributed by atoms with Crippen molar-refractivity contribution in [2.24, 2.45) is 0 Å². The monoisotopic (exact) mass is 956 g/mol. The van der Waals surface area contributed by atoms with Crippen molar-refractivity contribution in [1.82, 2.24) is 0 Å². The van der Waals surface area contributed by atoms with Crippen LogP contribution < -0.4 is 0 Å². The van der Waals surface area contributed by atoms with Crippen molar-refractivity contribution in [1.29, 1.82) is 0 Å². The maximum atomic E-state index is 15.4. The second kappa shape index (κ2) is 15.1. The van der Waals surface area contributed by atoms with Crippen LogP contribution in [-0.2, 0) is 23.7 Å². The van der Waals surface area contributed by atoms with Crippen LogP contribution in [0.25, 0.3) is 0 Å². The molecule has 0 fully saturated rings. The van der Waals surface area contributed by atoms with Gasteiger partial charge in [0.15, 0.2) is 0 Å². The standard InChI is InChI=1S/C19H8F32O7/c20-4(1-52,12(32,33)34)55-18(48,49)10(30,14(38,39)40)57-9(29,7(25,26)16(44,45)54-3-6(22,23)24)8(27,28)17(46,47)58-11(31,15(41,42)43)19(50,51)56-5(21,2-53)13(35,36)37/h52-53H,1-3H2. The molecule has 0 aliphatic heterocycles. The molecule has 5 unspecified atom stereocenters. The maximum Gasteiger partial charge on any atom is 0.458 e. The van der Waals surface area contributed by atoms with E-state index in [1.165, 1.54) is 9.47 Å². The van der Waals surface area contributed by atoms with E-state index in [0.29, 0.717) is 0 Å². The molecule has 0 saturated heterocycles. The van der Waals surface area contributed by atoms with Gasteiger partial charge < -0.3 is 14.9 Å². The van der Waals surface area contributed by atoms with Gasteiger partial charge in [-0.1, -0.05) is 0 Å². The van der Waals surface area contributed by atoms with Crippen molar-refractivity contribution in [2.45, 2.75) is 96.4 Å². The van der Waals surface area contributed by atoms with E-state index in [2.05, 4.69) is 0 Å². The van der Waals surface area contributed by atoms with E-state index < -0.39 is 116 Å². The summed E-state index contributed by atoms with van der Waals surface area (Å²) in [6.45, 7) is -12.3. The molecular weight excluding hydrogens is 948 g/mol. The lowest BCUT2D eigenvalue weighted by Crippen LogP contribution is -2.77. The van der Waals surface area contributed by atoms with Crippen LogP contribution in [0.3, 0.4) is 0 Å². The van der Waals surface area contributed by atoms with Gasteiger partial charge in [-0.05, 0) is 0 Å². The van der Waals surface area contributed by atoms with E-state index in [4.69, 9.17) is 10.2 Å². The predicted molar refractivity (Wildman–Crippen MR) is 104 cm³/mol. The summed E-state index contributed by atoms with van der Waals surface area (Å²) >= 11 is 0. The highest BCUT2D eigenvalue weighted by Gasteiger charge is 2.94. The van der Waals surface area contributed by atoms with Crippen molar-refractivity contribution >= 4 is 0 Å². The molecule has 58 heavy (non-hydrogen) atoms. The van der Waals surface area contributed by atoms with E-state index in [1.807, 2.05) is 0 Å². The van der Waals surface area contributed by atoms with E-state index in [0.717, 1.165) is 9.47 Å². The molecule has 0 aliphatic rings. The van der Waals surface area contributed by atoms with Crippen LogP contribution in [0.5, 0.6) is 0 Å². The molecule has 0 amide bonds. The van der Waals surface area contributed by atoms with Crippen LogP contribution in [-0.4, -0.2) is 126 Å². The molecule has 0 aliphatic carbocycles. The quantitative estimate of drug-likeness (QED) is 0.133. The Morgan fingerprint density at radius 2 is 0.569 bits per heavy atom. The van der Waals surface area contributed by atoms with Crippen molar-refractivity contribution < 1.29 is 174 Å². The Balaban J connectivity index is 8.52. The number of hydrogen-bond donors (Lipinski definition) is 2. The molecule has 0 aromatic rings. The fraction of sp³-hybridized carbons (Fsp3) is 1.00. The molecule has 0 bridgehead atoms. The third-order valence-corrected chi connectivity index (χ3v) is 5.82. The molecule has 0 spiro atoms. The summed E-state index contributed by atoms with van der Waals surface area (Å²) in [5, 5.41) is 16.4. The van der Waals surface area contributed by atoms with Crippen molar-refractivity contribution in [3.63, 3.8) is 0 Å². The second-order valence-corrected chi connectivity index (χ2v) is 10.1. The zero-order valence-corrected chi connectivity index (χ0v) is 25.2. The molecule has 39 heteroatoms. The van der Waals surface area contributed by atoms with Crippen LogP contribution in [0.15, 0.2) is 0 Å². The largest absolute Gasteiger partial charge is 0.458 e. The van der Waals surface area contributed by atoms with Gasteiger partial charge in [-0.25, -0.2) is 0 Å². The average molecular weight is 956 g/mol. The Morgan fingerprint density at radius 3 is 0.810 bits per heavy atom. The molecule has 0 aromatic heterocycles. The zero-order chi connectivity index (χ0) is 47.7. The molecule has 0 aromatic carbocycles. The minimum Gasteiger partial charge on any atom is -0.390 e. The Morgan fingerprint density at radius 1 is 0.293 bits per heavy atom. The molecule has 350 valence electrons. The van der Waals surface area contributed by atoms with Crippen molar-refractivity contribution in [3.8, 4) is 0 Å². The SMILES string of the molecule is OCC(F)(OC(F)(F)C(F)(OC(F)(F)C(F)(F)C(F)(OC(F)(C(F)(F)F)C(F)(F)OC(F)(CO)C(F)(F)F)C(F)(F)C(F)(F)OCC(F)(F)F)C(F)(F)F)C(F)(F)F. The third kappa shape index (κ3) is 9.51. The van der Waals surface area contributed by atoms with Gasteiger partial charge in [0, 0.05) is 0 Å². The Hall–Kier alpha value is -2.52. The number of alkyl halides is 32. The summed E-state index contributed by atoms with van der Waals surface area (Å²) in [6, 6.07) is 0. The Kier molecular flexibility index (Phi) is 14.5. The van der Waals surface area contributed by atoms with Crippen molar-refractivity contribution in [2.75, 3.05) is 19.8 Å². The molecule has 5 atom stereocenters. The van der Waals surface area contributed by atoms with Gasteiger partial charge in [-0.3, -0.25) is 18.9 Å². The van der Waals surface area contributed by atoms with Crippen LogP contribution >= 0.6 is 0 Å². The number of aliphatic hydroxyl groups excluding tert-OH is 2. The van der Waals surface area contributed by atoms with Crippen LogP contribution in [0.1, 0.15) is 0 Å². The van der Waals surface area contributed by atoms with Gasteiger partial charge in [0.1, 0.15) is 19.8 Å². The first-order chi connectivity index (χ1) is 24.7. The lowest BCUT2D eigenvalue weighted by Gasteiger charge is -2.47. The highest BCUT2D eigenvalue weighted by Crippen LogP contribution is 2.64. The maximum absolute atomic E-state index is 15.4. The van der Waals surface area contributed by atoms with E-state index in [9.17, 15) is 136 Å². The topological polar surface area (TPSA) is 86.6 Å². The highest BCUT2D eigenvalue weighted by molar-refractivity contribution is 5.09. The van der Waals surface area contributed by atoms with E-state index in [1.54, 1.807) is 4.74 Å². The lowest BCUT2D eigenvalue weighted by molar-refractivity contribution is -0.586. The molecule has 0 heterocycles. The molecule has 7 nitrogen and oxygen atoms in total. The summed E-state index contributed by atoms with van der Waals surface area (Å²) in [6.07, 6.45) is -75.5. The minimum atomic E-state index is -10.0. The average Bonchev–Trinajstić information content (AvgIpc) is 2.95. The number of rotatable bonds is 18. The first kappa shape index (κ1) is 55.5. The van der Waals surface area contributed by atoms with Crippen molar-refractivity contribution in [3.05, 3.63) is 0 Å². The fourth-order valence-corrected chi connectivity index (χ4v) is 2.86. The van der Waals surface area contributed by atoms with Gasteiger partial charge in [0.2, 0.25) is 0 Å². The van der Waals surface area contributed by atoms with E-state index in [-0.39, 0.29) is 0 Å². The number of aliphatic hydroxyl groups is 2. The fourth-order valence-electron chi connectivity index (χ4n) is 2.86. The number of halogens is 32. The smallest absolute Gasteiger partial charge is 0.390 e. The van der Waals surface area contributed by atoms with Gasteiger partial charge in [0.25, 0.3) is 0 Å². The lowest BCUT2D eigenvalue weighted by atomic mass is 9.99. The molecular formula is C19H8F32O7. The van der Waals surface area contributed by atoms with Gasteiger partial charge in [0.05, 0.1) is 0 Å². The van der Waals surface area contributed by atoms with Gasteiger partial charge >= 0.3 is 96.4 Å². The van der Waals surface area contributed by atoms with Crippen LogP contribution in [0, 0.1) is 0 Å².